The minimum Gasteiger partial charge on any atom is -0.478 e. The number of aliphatic carboxylic acids is 1. The van der Waals surface area contributed by atoms with Gasteiger partial charge in [-0.05, 0) is 58.5 Å². The van der Waals surface area contributed by atoms with Gasteiger partial charge in [0.15, 0.2) is 0 Å². The standard InChI is InChI=1S/C13H9IO2S/c14-10-3-1-2-9(8-10)12-6-4-11(17-12)5-7-13(15)16/h1-8H,(H,15,16)/b7-5+. The summed E-state index contributed by atoms with van der Waals surface area (Å²) in [7, 11) is 0. The third kappa shape index (κ3) is 3.41. The number of rotatable bonds is 3. The molecular formula is C13H9IO2S. The topological polar surface area (TPSA) is 37.3 Å². The van der Waals surface area contributed by atoms with Crippen LogP contribution in [0, 0.1) is 3.57 Å². The van der Waals surface area contributed by atoms with Crippen molar-refractivity contribution in [3.05, 3.63) is 50.9 Å². The average Bonchev–Trinajstić information content (AvgIpc) is 2.75. The van der Waals surface area contributed by atoms with Crippen LogP contribution in [0.5, 0.6) is 0 Å². The number of halogens is 1. The van der Waals surface area contributed by atoms with Gasteiger partial charge >= 0.3 is 5.97 Å². The Morgan fingerprint density at radius 2 is 2.12 bits per heavy atom. The number of carbonyl (C=O) groups is 1. The second kappa shape index (κ2) is 5.46. The zero-order valence-electron chi connectivity index (χ0n) is 8.76. The molecule has 2 nitrogen and oxygen atoms in total. The van der Waals surface area contributed by atoms with Gasteiger partial charge < -0.3 is 5.11 Å². The summed E-state index contributed by atoms with van der Waals surface area (Å²) in [5.41, 5.74) is 1.16. The number of hydrogen-bond donors (Lipinski definition) is 1. The molecule has 0 radical (unpaired) electrons. The summed E-state index contributed by atoms with van der Waals surface area (Å²) in [4.78, 5) is 12.5. The van der Waals surface area contributed by atoms with Gasteiger partial charge in [0.2, 0.25) is 0 Å². The third-order valence-corrected chi connectivity index (χ3v) is 3.90. The first-order valence-corrected chi connectivity index (χ1v) is 6.81. The maximum absolute atomic E-state index is 10.4. The highest BCUT2D eigenvalue weighted by Gasteiger charge is 2.01. The van der Waals surface area contributed by atoms with Crippen molar-refractivity contribution in [2.24, 2.45) is 0 Å². The lowest BCUT2D eigenvalue weighted by atomic mass is 10.2. The summed E-state index contributed by atoms with van der Waals surface area (Å²) in [6.45, 7) is 0. The van der Waals surface area contributed by atoms with Crippen LogP contribution in [0.3, 0.4) is 0 Å². The Balaban J connectivity index is 2.27. The van der Waals surface area contributed by atoms with E-state index < -0.39 is 5.97 Å². The van der Waals surface area contributed by atoms with Gasteiger partial charge in [-0.1, -0.05) is 12.1 Å². The molecule has 1 aromatic carbocycles. The Morgan fingerprint density at radius 3 is 2.82 bits per heavy atom. The van der Waals surface area contributed by atoms with Crippen molar-refractivity contribution in [3.63, 3.8) is 0 Å². The van der Waals surface area contributed by atoms with Crippen molar-refractivity contribution in [1.29, 1.82) is 0 Å². The number of hydrogen-bond acceptors (Lipinski definition) is 2. The maximum atomic E-state index is 10.4. The molecule has 0 bridgehead atoms. The zero-order valence-corrected chi connectivity index (χ0v) is 11.7. The Bertz CT molecular complexity index is 572. The number of carboxylic acid groups (broad SMARTS) is 1. The molecule has 86 valence electrons. The lowest BCUT2D eigenvalue weighted by Crippen LogP contribution is -1.84. The molecule has 1 aromatic heterocycles. The van der Waals surface area contributed by atoms with E-state index >= 15 is 0 Å². The first-order chi connectivity index (χ1) is 8.15. The Labute approximate surface area is 117 Å². The molecule has 0 atom stereocenters. The first kappa shape index (κ1) is 12.3. The van der Waals surface area contributed by atoms with Crippen LogP contribution in [0.4, 0.5) is 0 Å². The monoisotopic (exact) mass is 356 g/mol. The first-order valence-electron chi connectivity index (χ1n) is 4.92. The molecule has 1 N–H and O–H groups in total. The molecule has 0 spiro atoms. The van der Waals surface area contributed by atoms with E-state index in [1.807, 2.05) is 24.3 Å². The molecule has 0 saturated carbocycles. The van der Waals surface area contributed by atoms with Gasteiger partial charge in [-0.15, -0.1) is 11.3 Å². The van der Waals surface area contributed by atoms with Gasteiger partial charge in [0.05, 0.1) is 0 Å². The maximum Gasteiger partial charge on any atom is 0.328 e. The Morgan fingerprint density at radius 1 is 1.29 bits per heavy atom. The quantitative estimate of drug-likeness (QED) is 0.664. The van der Waals surface area contributed by atoms with Gasteiger partial charge in [0.1, 0.15) is 0 Å². The van der Waals surface area contributed by atoms with E-state index in [1.54, 1.807) is 17.4 Å². The molecule has 0 saturated heterocycles. The SMILES string of the molecule is O=C(O)/C=C/c1ccc(-c2cccc(I)c2)s1. The highest BCUT2D eigenvalue weighted by atomic mass is 127. The molecule has 0 aliphatic carbocycles. The fourth-order valence-electron chi connectivity index (χ4n) is 1.39. The van der Waals surface area contributed by atoms with E-state index in [0.717, 1.165) is 21.4 Å². The Kier molecular flexibility index (Phi) is 3.96. The molecule has 17 heavy (non-hydrogen) atoms. The summed E-state index contributed by atoms with van der Waals surface area (Å²) in [5.74, 6) is -0.922. The van der Waals surface area contributed by atoms with Crippen molar-refractivity contribution in [1.82, 2.24) is 0 Å². The highest BCUT2D eigenvalue weighted by Crippen LogP contribution is 2.29. The molecular weight excluding hydrogens is 347 g/mol. The molecule has 0 amide bonds. The Hall–Kier alpha value is -1.14. The molecule has 0 aliphatic heterocycles. The van der Waals surface area contributed by atoms with Crippen LogP contribution in [0.1, 0.15) is 4.88 Å². The summed E-state index contributed by atoms with van der Waals surface area (Å²) in [6, 6.07) is 12.2. The smallest absolute Gasteiger partial charge is 0.328 e. The van der Waals surface area contributed by atoms with Crippen LogP contribution in [0.2, 0.25) is 0 Å². The number of thiophene rings is 1. The molecule has 0 aliphatic rings. The largest absolute Gasteiger partial charge is 0.478 e. The summed E-state index contributed by atoms with van der Waals surface area (Å²) < 4.78 is 1.19. The van der Waals surface area contributed by atoms with Crippen molar-refractivity contribution >= 4 is 46.0 Å². The number of carboxylic acids is 1. The van der Waals surface area contributed by atoms with E-state index in [1.165, 1.54) is 3.57 Å². The van der Waals surface area contributed by atoms with Crippen molar-refractivity contribution < 1.29 is 9.90 Å². The minimum atomic E-state index is -0.922. The van der Waals surface area contributed by atoms with Gasteiger partial charge in [0, 0.05) is 19.4 Å². The van der Waals surface area contributed by atoms with Crippen LogP contribution in [0.15, 0.2) is 42.5 Å². The van der Waals surface area contributed by atoms with Gasteiger partial charge in [-0.3, -0.25) is 0 Å². The predicted octanol–water partition coefficient (Wildman–Crippen LogP) is 4.12. The lowest BCUT2D eigenvalue weighted by molar-refractivity contribution is -0.131. The van der Waals surface area contributed by atoms with Gasteiger partial charge in [-0.25, -0.2) is 4.79 Å². The summed E-state index contributed by atoms with van der Waals surface area (Å²) in [5, 5.41) is 8.55. The second-order valence-electron chi connectivity index (χ2n) is 3.38. The lowest BCUT2D eigenvalue weighted by Gasteiger charge is -1.97. The van der Waals surface area contributed by atoms with Crippen LogP contribution in [-0.4, -0.2) is 11.1 Å². The van der Waals surface area contributed by atoms with E-state index in [2.05, 4.69) is 34.7 Å². The minimum absolute atomic E-state index is 0.922. The fourth-order valence-corrected chi connectivity index (χ4v) is 2.84. The molecule has 2 rings (SSSR count). The van der Waals surface area contributed by atoms with Crippen LogP contribution in [0.25, 0.3) is 16.5 Å². The van der Waals surface area contributed by atoms with Crippen molar-refractivity contribution in [2.75, 3.05) is 0 Å². The van der Waals surface area contributed by atoms with Gasteiger partial charge in [0.25, 0.3) is 0 Å². The van der Waals surface area contributed by atoms with Crippen LogP contribution < -0.4 is 0 Å². The fraction of sp³-hybridized carbons (Fsp3) is 0. The zero-order chi connectivity index (χ0) is 12.3. The second-order valence-corrected chi connectivity index (χ2v) is 5.74. The average molecular weight is 356 g/mol. The molecule has 0 fully saturated rings. The van der Waals surface area contributed by atoms with Crippen molar-refractivity contribution in [2.45, 2.75) is 0 Å². The summed E-state index contributed by atoms with van der Waals surface area (Å²) >= 11 is 3.86. The molecule has 0 unspecified atom stereocenters. The van der Waals surface area contributed by atoms with E-state index in [-0.39, 0.29) is 0 Å². The van der Waals surface area contributed by atoms with Crippen LogP contribution in [-0.2, 0) is 4.79 Å². The molecule has 2 aromatic rings. The normalized spacial score (nSPS) is 10.9. The van der Waals surface area contributed by atoms with Crippen LogP contribution >= 0.6 is 33.9 Å². The predicted molar refractivity (Wildman–Crippen MR) is 79.1 cm³/mol. The number of benzene rings is 1. The summed E-state index contributed by atoms with van der Waals surface area (Å²) in [6.07, 6.45) is 2.77. The van der Waals surface area contributed by atoms with E-state index in [9.17, 15) is 4.79 Å². The van der Waals surface area contributed by atoms with E-state index in [4.69, 9.17) is 5.11 Å². The third-order valence-electron chi connectivity index (χ3n) is 2.13. The van der Waals surface area contributed by atoms with E-state index in [0.29, 0.717) is 0 Å². The highest BCUT2D eigenvalue weighted by molar-refractivity contribution is 14.1. The molecule has 4 heteroatoms. The molecule has 1 heterocycles. The van der Waals surface area contributed by atoms with Gasteiger partial charge in [-0.2, -0.15) is 0 Å². The van der Waals surface area contributed by atoms with Crippen molar-refractivity contribution in [3.8, 4) is 10.4 Å².